The van der Waals surface area contributed by atoms with Crippen molar-refractivity contribution >= 4 is 25.1 Å². The van der Waals surface area contributed by atoms with Gasteiger partial charge in [0.25, 0.3) is 0 Å². The maximum atomic E-state index is 10.7. The molecule has 0 aromatic rings. The number of carbonyl (C=O) groups excluding carboxylic acids is 4. The fourth-order valence-corrected chi connectivity index (χ4v) is 1.87. The molecule has 0 aromatic carbocycles. The van der Waals surface area contributed by atoms with Crippen molar-refractivity contribution < 1.29 is 19.2 Å². The predicted molar refractivity (Wildman–Crippen MR) is 43.0 cm³/mol. The number of aldehydes is 4. The number of carbonyl (C=O) groups is 4. The number of rotatable bonds is 4. The minimum Gasteiger partial charge on any atom is -0.302 e. The zero-order valence-corrected chi connectivity index (χ0v) is 7.06. The van der Waals surface area contributed by atoms with Gasteiger partial charge in [0.05, 0.1) is 0 Å². The highest BCUT2D eigenvalue weighted by molar-refractivity contribution is 6.00. The first kappa shape index (κ1) is 9.77. The zero-order chi connectivity index (χ0) is 9.95. The molecule has 70 valence electrons. The Morgan fingerprint density at radius 3 is 1.23 bits per heavy atom. The fourth-order valence-electron chi connectivity index (χ4n) is 1.87. The third kappa shape index (κ3) is 1.05. The maximum absolute atomic E-state index is 10.7. The lowest BCUT2D eigenvalue weighted by Crippen LogP contribution is -2.42. The average Bonchev–Trinajstić information content (AvgIpc) is 2.57. The van der Waals surface area contributed by atoms with E-state index in [4.69, 9.17) is 0 Å². The van der Waals surface area contributed by atoms with Crippen molar-refractivity contribution in [3.63, 3.8) is 0 Å². The van der Waals surface area contributed by atoms with E-state index in [1.807, 2.05) is 0 Å². The molecule has 0 N–H and O–H groups in total. The van der Waals surface area contributed by atoms with Gasteiger partial charge in [0.15, 0.2) is 0 Å². The topological polar surface area (TPSA) is 68.3 Å². The van der Waals surface area contributed by atoms with E-state index in [1.54, 1.807) is 0 Å². The summed E-state index contributed by atoms with van der Waals surface area (Å²) in [6.07, 6.45) is 2.83. The Kier molecular flexibility index (Phi) is 2.40. The minimum atomic E-state index is -1.41. The summed E-state index contributed by atoms with van der Waals surface area (Å²) in [5, 5.41) is 0. The molecule has 0 unspecified atom stereocenters. The van der Waals surface area contributed by atoms with Crippen LogP contribution >= 0.6 is 0 Å². The van der Waals surface area contributed by atoms with Crippen molar-refractivity contribution in [2.45, 2.75) is 19.3 Å². The van der Waals surface area contributed by atoms with Gasteiger partial charge in [0.2, 0.25) is 0 Å². The summed E-state index contributed by atoms with van der Waals surface area (Å²) < 4.78 is 0. The first-order chi connectivity index (χ1) is 6.20. The van der Waals surface area contributed by atoms with Crippen LogP contribution in [-0.4, -0.2) is 25.1 Å². The van der Waals surface area contributed by atoms with Gasteiger partial charge in [-0.05, 0) is 12.8 Å². The summed E-state index contributed by atoms with van der Waals surface area (Å²) in [4.78, 5) is 43.0. The molecule has 0 bridgehead atoms. The van der Waals surface area contributed by atoms with Crippen LogP contribution in [0.3, 0.4) is 0 Å². The van der Waals surface area contributed by atoms with Gasteiger partial charge >= 0.3 is 0 Å². The predicted octanol–water partition coefficient (Wildman–Crippen LogP) is -0.0613. The Hall–Kier alpha value is -1.32. The van der Waals surface area contributed by atoms with Crippen molar-refractivity contribution in [3.8, 4) is 0 Å². The molecule has 0 amide bonds. The van der Waals surface area contributed by atoms with Gasteiger partial charge in [-0.2, -0.15) is 0 Å². The second-order valence-corrected chi connectivity index (χ2v) is 3.41. The van der Waals surface area contributed by atoms with Crippen LogP contribution in [0.5, 0.6) is 0 Å². The van der Waals surface area contributed by atoms with Crippen LogP contribution in [0.1, 0.15) is 19.3 Å². The summed E-state index contributed by atoms with van der Waals surface area (Å²) in [7, 11) is 0. The summed E-state index contributed by atoms with van der Waals surface area (Å²) in [5.41, 5.74) is -2.81. The molecule has 0 aliphatic heterocycles. The molecule has 0 spiro atoms. The average molecular weight is 182 g/mol. The van der Waals surface area contributed by atoms with Crippen LogP contribution in [0, 0.1) is 10.8 Å². The highest BCUT2D eigenvalue weighted by Crippen LogP contribution is 2.47. The standard InChI is InChI=1S/C9H10O4/c10-4-8(5-11)2-1-3-9(8,6-12)7-13/h4-7H,1-3H2. The van der Waals surface area contributed by atoms with Crippen LogP contribution < -0.4 is 0 Å². The molecule has 13 heavy (non-hydrogen) atoms. The molecule has 0 heterocycles. The van der Waals surface area contributed by atoms with E-state index in [0.29, 0.717) is 31.6 Å². The molecule has 1 aliphatic rings. The fraction of sp³-hybridized carbons (Fsp3) is 0.556. The Morgan fingerprint density at radius 1 is 0.692 bits per heavy atom. The maximum Gasteiger partial charge on any atom is 0.134 e. The molecule has 0 aromatic heterocycles. The molecule has 1 aliphatic carbocycles. The van der Waals surface area contributed by atoms with E-state index >= 15 is 0 Å². The normalized spacial score (nSPS) is 23.4. The molecule has 0 saturated heterocycles. The van der Waals surface area contributed by atoms with Crippen molar-refractivity contribution in [3.05, 3.63) is 0 Å². The van der Waals surface area contributed by atoms with E-state index < -0.39 is 10.8 Å². The third-order valence-electron chi connectivity index (χ3n) is 2.89. The lowest BCUT2D eigenvalue weighted by Gasteiger charge is -2.27. The lowest BCUT2D eigenvalue weighted by molar-refractivity contribution is -0.144. The van der Waals surface area contributed by atoms with Gasteiger partial charge in [0, 0.05) is 0 Å². The van der Waals surface area contributed by atoms with Gasteiger partial charge < -0.3 is 19.2 Å². The van der Waals surface area contributed by atoms with Gasteiger partial charge in [-0.3, -0.25) is 0 Å². The molecule has 1 rings (SSSR count). The molecule has 1 fully saturated rings. The second-order valence-electron chi connectivity index (χ2n) is 3.41. The molecule has 0 atom stereocenters. The van der Waals surface area contributed by atoms with Gasteiger partial charge in [-0.15, -0.1) is 0 Å². The van der Waals surface area contributed by atoms with Crippen molar-refractivity contribution in [1.29, 1.82) is 0 Å². The van der Waals surface area contributed by atoms with Crippen molar-refractivity contribution in [1.82, 2.24) is 0 Å². The zero-order valence-electron chi connectivity index (χ0n) is 7.06. The Balaban J connectivity index is 3.21. The van der Waals surface area contributed by atoms with Crippen LogP contribution in [0.15, 0.2) is 0 Å². The monoisotopic (exact) mass is 182 g/mol. The highest BCUT2D eigenvalue weighted by Gasteiger charge is 2.55. The molecule has 4 heteroatoms. The van der Waals surface area contributed by atoms with Crippen molar-refractivity contribution in [2.24, 2.45) is 10.8 Å². The van der Waals surface area contributed by atoms with E-state index in [9.17, 15) is 19.2 Å². The van der Waals surface area contributed by atoms with Crippen molar-refractivity contribution in [2.75, 3.05) is 0 Å². The van der Waals surface area contributed by atoms with E-state index in [-0.39, 0.29) is 12.8 Å². The summed E-state index contributed by atoms with van der Waals surface area (Å²) in [6.45, 7) is 0. The van der Waals surface area contributed by atoms with E-state index in [0.717, 1.165) is 0 Å². The second kappa shape index (κ2) is 3.20. The Morgan fingerprint density at radius 2 is 1.00 bits per heavy atom. The number of hydrogen-bond donors (Lipinski definition) is 0. The molecule has 0 radical (unpaired) electrons. The first-order valence-electron chi connectivity index (χ1n) is 4.05. The van der Waals surface area contributed by atoms with Gasteiger partial charge in [-0.25, -0.2) is 0 Å². The van der Waals surface area contributed by atoms with Gasteiger partial charge in [-0.1, -0.05) is 6.42 Å². The molecular weight excluding hydrogens is 172 g/mol. The SMILES string of the molecule is O=CC1(C=O)CCCC1(C=O)C=O. The van der Waals surface area contributed by atoms with Gasteiger partial charge in [0.1, 0.15) is 36.0 Å². The Labute approximate surface area is 75.3 Å². The Bertz CT molecular complexity index is 214. The van der Waals surface area contributed by atoms with Crippen LogP contribution in [0.4, 0.5) is 0 Å². The minimum absolute atomic E-state index is 0.289. The third-order valence-corrected chi connectivity index (χ3v) is 2.89. The largest absolute Gasteiger partial charge is 0.302 e. The molecule has 1 saturated carbocycles. The van der Waals surface area contributed by atoms with E-state index in [1.165, 1.54) is 0 Å². The molecular formula is C9H10O4. The van der Waals surface area contributed by atoms with Crippen LogP contribution in [0.25, 0.3) is 0 Å². The molecule has 4 nitrogen and oxygen atoms in total. The quantitative estimate of drug-likeness (QED) is 0.451. The van der Waals surface area contributed by atoms with Crippen LogP contribution in [0.2, 0.25) is 0 Å². The lowest BCUT2D eigenvalue weighted by atomic mass is 9.69. The smallest absolute Gasteiger partial charge is 0.134 e. The van der Waals surface area contributed by atoms with E-state index in [2.05, 4.69) is 0 Å². The summed E-state index contributed by atoms with van der Waals surface area (Å²) in [5.74, 6) is 0. The summed E-state index contributed by atoms with van der Waals surface area (Å²) >= 11 is 0. The number of hydrogen-bond acceptors (Lipinski definition) is 4. The summed E-state index contributed by atoms with van der Waals surface area (Å²) in [6, 6.07) is 0. The van der Waals surface area contributed by atoms with Crippen LogP contribution in [-0.2, 0) is 19.2 Å². The first-order valence-corrected chi connectivity index (χ1v) is 4.05. The highest BCUT2D eigenvalue weighted by atomic mass is 16.1.